The second kappa shape index (κ2) is 3.12. The SMILES string of the molecule is O/N=C(/Cl)c1ccncn1. The van der Waals surface area contributed by atoms with Crippen LogP contribution in [0.25, 0.3) is 0 Å². The highest BCUT2D eigenvalue weighted by Gasteiger charge is 1.98. The molecule has 1 N–H and O–H groups in total. The summed E-state index contributed by atoms with van der Waals surface area (Å²) in [6.45, 7) is 0. The number of nitrogens with zero attached hydrogens (tertiary/aromatic N) is 3. The molecule has 0 unspecified atom stereocenters. The Hall–Kier alpha value is -1.16. The van der Waals surface area contributed by atoms with E-state index in [0.29, 0.717) is 5.69 Å². The minimum absolute atomic E-state index is 0.0394. The molecular weight excluding hydrogens is 154 g/mol. The van der Waals surface area contributed by atoms with Crippen molar-refractivity contribution in [2.75, 3.05) is 0 Å². The van der Waals surface area contributed by atoms with Crippen LogP contribution in [0.3, 0.4) is 0 Å². The second-order valence-corrected chi connectivity index (χ2v) is 1.84. The summed E-state index contributed by atoms with van der Waals surface area (Å²) < 4.78 is 0. The number of rotatable bonds is 1. The van der Waals surface area contributed by atoms with E-state index in [9.17, 15) is 0 Å². The molecule has 1 aromatic rings. The number of hydrogen-bond acceptors (Lipinski definition) is 4. The minimum atomic E-state index is -0.0394. The number of hydrogen-bond donors (Lipinski definition) is 1. The van der Waals surface area contributed by atoms with Crippen molar-refractivity contribution in [2.24, 2.45) is 5.16 Å². The molecule has 10 heavy (non-hydrogen) atoms. The van der Waals surface area contributed by atoms with E-state index in [1.165, 1.54) is 12.5 Å². The van der Waals surface area contributed by atoms with Crippen LogP contribution in [0.1, 0.15) is 5.69 Å². The Morgan fingerprint density at radius 1 is 1.70 bits per heavy atom. The molecule has 0 saturated heterocycles. The first-order valence-electron chi connectivity index (χ1n) is 2.48. The van der Waals surface area contributed by atoms with Crippen LogP contribution in [0.4, 0.5) is 0 Å². The van der Waals surface area contributed by atoms with Gasteiger partial charge in [0.05, 0.1) is 0 Å². The molecule has 0 amide bonds. The lowest BCUT2D eigenvalue weighted by atomic mass is 10.4. The van der Waals surface area contributed by atoms with Crippen molar-refractivity contribution < 1.29 is 5.21 Å². The van der Waals surface area contributed by atoms with Crippen LogP contribution in [0.2, 0.25) is 0 Å². The van der Waals surface area contributed by atoms with Gasteiger partial charge in [0.2, 0.25) is 0 Å². The molecule has 0 atom stereocenters. The van der Waals surface area contributed by atoms with Crippen molar-refractivity contribution in [3.05, 3.63) is 24.3 Å². The van der Waals surface area contributed by atoms with Crippen LogP contribution < -0.4 is 0 Å². The first kappa shape index (κ1) is 6.95. The van der Waals surface area contributed by atoms with Crippen LogP contribution in [0.5, 0.6) is 0 Å². The molecule has 0 radical (unpaired) electrons. The highest BCUT2D eigenvalue weighted by molar-refractivity contribution is 6.69. The molecule has 52 valence electrons. The smallest absolute Gasteiger partial charge is 0.193 e. The number of oxime groups is 1. The Bertz CT molecular complexity index is 236. The zero-order valence-electron chi connectivity index (χ0n) is 4.90. The standard InChI is InChI=1S/C5H4ClN3O/c6-5(9-10)4-1-2-7-3-8-4/h1-3,10H/b9-5+. The largest absolute Gasteiger partial charge is 0.410 e. The predicted octanol–water partition coefficient (Wildman–Crippen LogP) is 0.851. The van der Waals surface area contributed by atoms with E-state index in [-0.39, 0.29) is 5.17 Å². The summed E-state index contributed by atoms with van der Waals surface area (Å²) in [7, 11) is 0. The van der Waals surface area contributed by atoms with Gasteiger partial charge in [0.25, 0.3) is 0 Å². The third-order valence-electron chi connectivity index (χ3n) is 0.881. The summed E-state index contributed by atoms with van der Waals surface area (Å²) >= 11 is 5.40. The van der Waals surface area contributed by atoms with E-state index in [2.05, 4.69) is 15.1 Å². The maximum Gasteiger partial charge on any atom is 0.193 e. The lowest BCUT2D eigenvalue weighted by Crippen LogP contribution is -1.94. The van der Waals surface area contributed by atoms with Crippen LogP contribution in [-0.2, 0) is 0 Å². The molecule has 0 aliphatic heterocycles. The third-order valence-corrected chi connectivity index (χ3v) is 1.15. The van der Waals surface area contributed by atoms with Gasteiger partial charge < -0.3 is 5.21 Å². The summed E-state index contributed by atoms with van der Waals surface area (Å²) in [5, 5.41) is 10.9. The normalized spacial score (nSPS) is 11.5. The number of aromatic nitrogens is 2. The first-order valence-corrected chi connectivity index (χ1v) is 2.86. The van der Waals surface area contributed by atoms with Gasteiger partial charge in [0.1, 0.15) is 12.0 Å². The van der Waals surface area contributed by atoms with Gasteiger partial charge in [0, 0.05) is 6.20 Å². The van der Waals surface area contributed by atoms with Crippen LogP contribution in [-0.4, -0.2) is 20.3 Å². The van der Waals surface area contributed by atoms with E-state index in [0.717, 1.165) is 0 Å². The maximum atomic E-state index is 8.18. The van der Waals surface area contributed by atoms with Crippen LogP contribution >= 0.6 is 11.6 Å². The van der Waals surface area contributed by atoms with Crippen molar-refractivity contribution in [1.82, 2.24) is 9.97 Å². The Kier molecular flexibility index (Phi) is 2.17. The average molecular weight is 158 g/mol. The molecule has 0 bridgehead atoms. The summed E-state index contributed by atoms with van der Waals surface area (Å²) in [5.41, 5.74) is 0.402. The van der Waals surface area contributed by atoms with Gasteiger partial charge in [-0.05, 0) is 6.07 Å². The fourth-order valence-electron chi connectivity index (χ4n) is 0.464. The van der Waals surface area contributed by atoms with Gasteiger partial charge in [-0.2, -0.15) is 0 Å². The van der Waals surface area contributed by atoms with Crippen molar-refractivity contribution >= 4 is 16.8 Å². The molecule has 0 aromatic carbocycles. The fraction of sp³-hybridized carbons (Fsp3) is 0. The quantitative estimate of drug-likeness (QED) is 0.374. The van der Waals surface area contributed by atoms with Crippen LogP contribution in [0, 0.1) is 0 Å². The maximum absolute atomic E-state index is 8.18. The third kappa shape index (κ3) is 1.41. The Morgan fingerprint density at radius 3 is 3.00 bits per heavy atom. The lowest BCUT2D eigenvalue weighted by molar-refractivity contribution is 0.320. The summed E-state index contributed by atoms with van der Waals surface area (Å²) in [6.07, 6.45) is 2.83. The Labute approximate surface area is 62.2 Å². The van der Waals surface area contributed by atoms with Gasteiger partial charge in [-0.25, -0.2) is 9.97 Å². The fourth-order valence-corrected chi connectivity index (χ4v) is 0.576. The molecule has 5 heteroatoms. The lowest BCUT2D eigenvalue weighted by Gasteiger charge is -1.90. The van der Waals surface area contributed by atoms with E-state index in [4.69, 9.17) is 16.8 Å². The number of halogens is 1. The van der Waals surface area contributed by atoms with E-state index in [1.54, 1.807) is 6.07 Å². The van der Waals surface area contributed by atoms with E-state index < -0.39 is 0 Å². The van der Waals surface area contributed by atoms with E-state index in [1.807, 2.05) is 0 Å². The summed E-state index contributed by atoms with van der Waals surface area (Å²) in [5.74, 6) is 0. The Balaban J connectivity index is 2.96. The van der Waals surface area contributed by atoms with Gasteiger partial charge >= 0.3 is 0 Å². The predicted molar refractivity (Wildman–Crippen MR) is 36.2 cm³/mol. The summed E-state index contributed by atoms with van der Waals surface area (Å²) in [6, 6.07) is 1.54. The highest BCUT2D eigenvalue weighted by Crippen LogP contribution is 1.97. The molecule has 1 rings (SSSR count). The topological polar surface area (TPSA) is 58.4 Å². The zero-order chi connectivity index (χ0) is 7.40. The molecule has 0 aliphatic rings. The van der Waals surface area contributed by atoms with E-state index >= 15 is 0 Å². The first-order chi connectivity index (χ1) is 4.84. The van der Waals surface area contributed by atoms with Crippen molar-refractivity contribution in [3.63, 3.8) is 0 Å². The second-order valence-electron chi connectivity index (χ2n) is 1.49. The minimum Gasteiger partial charge on any atom is -0.410 e. The molecule has 0 saturated carbocycles. The molecule has 0 aliphatic carbocycles. The van der Waals surface area contributed by atoms with Gasteiger partial charge in [0.15, 0.2) is 5.17 Å². The van der Waals surface area contributed by atoms with Gasteiger partial charge in [-0.1, -0.05) is 16.8 Å². The van der Waals surface area contributed by atoms with Crippen molar-refractivity contribution in [3.8, 4) is 0 Å². The molecule has 1 heterocycles. The van der Waals surface area contributed by atoms with Crippen molar-refractivity contribution in [1.29, 1.82) is 0 Å². The molecular formula is C5H4ClN3O. The van der Waals surface area contributed by atoms with Gasteiger partial charge in [-0.3, -0.25) is 0 Å². The zero-order valence-corrected chi connectivity index (χ0v) is 5.65. The molecule has 4 nitrogen and oxygen atoms in total. The van der Waals surface area contributed by atoms with Gasteiger partial charge in [-0.15, -0.1) is 0 Å². The molecule has 0 fully saturated rings. The van der Waals surface area contributed by atoms with Crippen LogP contribution in [0.15, 0.2) is 23.7 Å². The molecule has 1 aromatic heterocycles. The van der Waals surface area contributed by atoms with Crippen molar-refractivity contribution in [2.45, 2.75) is 0 Å². The molecule has 0 spiro atoms. The Morgan fingerprint density at radius 2 is 2.50 bits per heavy atom. The summed E-state index contributed by atoms with van der Waals surface area (Å²) in [4.78, 5) is 7.37. The average Bonchev–Trinajstić information content (AvgIpc) is 2.05. The monoisotopic (exact) mass is 157 g/mol. The highest BCUT2D eigenvalue weighted by atomic mass is 35.5.